The molecule has 1 aromatic carbocycles. The highest BCUT2D eigenvalue weighted by Gasteiger charge is 2.73. The van der Waals surface area contributed by atoms with Crippen molar-refractivity contribution >= 4 is 25.6 Å². The van der Waals surface area contributed by atoms with E-state index in [1.54, 1.807) is 0 Å². The van der Waals surface area contributed by atoms with Gasteiger partial charge in [0.15, 0.2) is 0 Å². The monoisotopic (exact) mass is 737 g/mol. The normalized spacial score (nSPS) is 46.9. The van der Waals surface area contributed by atoms with Crippen LogP contribution in [0.5, 0.6) is 0 Å². The Labute approximate surface area is 330 Å². The summed E-state index contributed by atoms with van der Waals surface area (Å²) in [4.78, 5) is 1.28. The van der Waals surface area contributed by atoms with Crippen molar-refractivity contribution in [2.45, 2.75) is 163 Å². The summed E-state index contributed by atoms with van der Waals surface area (Å²) in [5.41, 5.74) is 1.70. The molecule has 0 radical (unpaired) electrons. The third kappa shape index (κ3) is 5.92. The van der Waals surface area contributed by atoms with Gasteiger partial charge in [0.25, 0.3) is 0 Å². The van der Waals surface area contributed by atoms with Gasteiger partial charge in [-0.2, -0.15) is 0 Å². The molecule has 5 heteroatoms. The van der Waals surface area contributed by atoms with Gasteiger partial charge in [-0.3, -0.25) is 0 Å². The number of fused-ring (bicyclic) bond motifs is 4. The lowest BCUT2D eigenvalue weighted by atomic mass is 9.36. The molecule has 2 nitrogen and oxygen atoms in total. The average molecular weight is 737 g/mol. The fourth-order valence-electron chi connectivity index (χ4n) is 16.3. The molecular formula is C48H74B2O2S. The molecule has 290 valence electrons. The largest absolute Gasteiger partial charge is 0.536 e. The van der Waals surface area contributed by atoms with Gasteiger partial charge < -0.3 is 9.31 Å². The fourth-order valence-corrected chi connectivity index (χ4v) is 16.9. The molecule has 0 aromatic heterocycles. The quantitative estimate of drug-likeness (QED) is 0.135. The Balaban J connectivity index is 1.13. The van der Waals surface area contributed by atoms with Crippen LogP contribution >= 0.6 is 11.8 Å². The molecule has 8 fully saturated rings. The third-order valence-electron chi connectivity index (χ3n) is 19.6. The molecule has 1 aromatic rings. The van der Waals surface area contributed by atoms with Crippen LogP contribution in [0.2, 0.25) is 23.3 Å². The number of hydrogen-bond donors (Lipinski definition) is 0. The van der Waals surface area contributed by atoms with E-state index in [-0.39, 0.29) is 13.8 Å². The highest BCUT2D eigenvalue weighted by atomic mass is 32.2. The van der Waals surface area contributed by atoms with Crippen LogP contribution in [0, 0.1) is 92.7 Å². The predicted octanol–water partition coefficient (Wildman–Crippen LogP) is 13.9. The van der Waals surface area contributed by atoms with Gasteiger partial charge in [-0.15, -0.1) is 0 Å². The summed E-state index contributed by atoms with van der Waals surface area (Å²) < 4.78 is 16.0. The average Bonchev–Trinajstić information content (AvgIpc) is 4.06. The molecule has 0 aliphatic heterocycles. The topological polar surface area (TPSA) is 18.5 Å². The summed E-state index contributed by atoms with van der Waals surface area (Å²) in [5, 5.41) is 2.35. The minimum Gasteiger partial charge on any atom is -0.536 e. The van der Waals surface area contributed by atoms with Gasteiger partial charge in [-0.25, -0.2) is 0 Å². The fraction of sp³-hybridized carbons (Fsp3) is 0.833. The van der Waals surface area contributed by atoms with Gasteiger partial charge in [0.1, 0.15) is 0 Å². The Morgan fingerprint density at radius 2 is 0.811 bits per heavy atom. The maximum absolute atomic E-state index is 7.98. The Morgan fingerprint density at radius 1 is 0.509 bits per heavy atom. The summed E-state index contributed by atoms with van der Waals surface area (Å²) in [6, 6.07) is 11.0. The lowest BCUT2D eigenvalue weighted by Gasteiger charge is -2.44. The van der Waals surface area contributed by atoms with E-state index in [4.69, 9.17) is 9.31 Å². The number of thioether (sulfide) groups is 1. The van der Waals surface area contributed by atoms with Gasteiger partial charge in [0.05, 0.1) is 5.41 Å². The summed E-state index contributed by atoms with van der Waals surface area (Å²) in [6.07, 6.45) is 11.0. The molecular weight excluding hydrogens is 662 g/mol. The van der Waals surface area contributed by atoms with Gasteiger partial charge in [-0.05, 0) is 154 Å². The van der Waals surface area contributed by atoms with E-state index >= 15 is 0 Å². The smallest absolute Gasteiger partial charge is 0.369 e. The second kappa shape index (κ2) is 12.8. The van der Waals surface area contributed by atoms with Gasteiger partial charge in [0.2, 0.25) is 5.95 Å². The maximum Gasteiger partial charge on any atom is 0.369 e. The summed E-state index contributed by atoms with van der Waals surface area (Å²) in [7, 11) is 0. The highest BCUT2D eigenvalue weighted by Crippen LogP contribution is 2.78. The Kier molecular flexibility index (Phi) is 9.06. The first kappa shape index (κ1) is 37.6. The molecule has 0 spiro atoms. The van der Waals surface area contributed by atoms with Crippen LogP contribution in [0.3, 0.4) is 0 Å². The SMILES string of the molecule is C[C@H]1CC[C@@H]2[C@H]([C@@H]1B(OC(=CSc1ccccc1)OB([C@H]1[C@H]3[C@@H](CC[C@@H]1C)C3(C)C)[C@H]1[C@H]3[C@@H](CC[C@@H]1C)C3(C)C)[C@H]1[C@H]3[C@@H](CC[C@@H]1C)C3(C)C)C2(C)C. The van der Waals surface area contributed by atoms with Crippen LogP contribution in [-0.2, 0) is 9.31 Å². The van der Waals surface area contributed by atoms with Crippen molar-refractivity contribution in [3.63, 3.8) is 0 Å². The second-order valence-electron chi connectivity index (χ2n) is 23.4. The van der Waals surface area contributed by atoms with Gasteiger partial charge in [-0.1, -0.05) is 139 Å². The van der Waals surface area contributed by atoms with Crippen LogP contribution in [0.4, 0.5) is 0 Å². The molecule has 0 saturated heterocycles. The summed E-state index contributed by atoms with van der Waals surface area (Å²) >= 11 is 1.83. The Morgan fingerprint density at radius 3 is 1.11 bits per heavy atom. The van der Waals surface area contributed by atoms with Crippen LogP contribution in [-0.4, -0.2) is 13.8 Å². The van der Waals surface area contributed by atoms with E-state index in [0.717, 1.165) is 53.3 Å². The van der Waals surface area contributed by atoms with Gasteiger partial charge >= 0.3 is 13.8 Å². The molecule has 0 N–H and O–H groups in total. The van der Waals surface area contributed by atoms with Crippen molar-refractivity contribution in [3.05, 3.63) is 41.7 Å². The molecule has 0 unspecified atom stereocenters. The zero-order valence-electron chi connectivity index (χ0n) is 35.7. The first-order chi connectivity index (χ1) is 25.0. The molecule has 16 atom stereocenters. The third-order valence-corrected chi connectivity index (χ3v) is 20.5. The molecule has 8 aliphatic rings. The van der Waals surface area contributed by atoms with Crippen molar-refractivity contribution in [1.82, 2.24) is 0 Å². The Hall–Kier alpha value is -0.960. The van der Waals surface area contributed by atoms with Crippen LogP contribution in [0.15, 0.2) is 46.6 Å². The first-order valence-corrected chi connectivity index (χ1v) is 23.6. The standard InChI is InChI=1S/C48H74B2O2S/c1-27-18-22-32-37(45(32,5)6)41(27)49(42-28(2)19-23-33-38(42)46(33,7)8)51-36(26-53-31-16-14-13-15-17-31)52-50(43-29(3)20-24-34-39(43)47(34,9)10)44-30(4)21-25-35-40(44)48(35,11)12/h13-17,26-30,32-35,37-44H,18-25H2,1-12H3/t27-,28-,29-,30-,32+,33+,34+,35+,37+,38+,39+,40+,41+,42+,43+,44+/m0/s1. The number of hydrogen-bond acceptors (Lipinski definition) is 3. The minimum atomic E-state index is 0.218. The lowest BCUT2D eigenvalue weighted by molar-refractivity contribution is 0.174. The maximum atomic E-state index is 7.98. The van der Waals surface area contributed by atoms with E-state index in [1.807, 2.05) is 11.8 Å². The summed E-state index contributed by atoms with van der Waals surface area (Å²) in [6.45, 7) is 31.5. The zero-order valence-corrected chi connectivity index (χ0v) is 36.6. The second-order valence-corrected chi connectivity index (χ2v) is 24.3. The van der Waals surface area contributed by atoms with Crippen molar-refractivity contribution in [2.75, 3.05) is 0 Å². The van der Waals surface area contributed by atoms with Crippen LogP contribution < -0.4 is 0 Å². The van der Waals surface area contributed by atoms with Crippen LogP contribution in [0.1, 0.15) is 134 Å². The van der Waals surface area contributed by atoms with Crippen molar-refractivity contribution in [2.24, 2.45) is 92.7 Å². The molecule has 53 heavy (non-hydrogen) atoms. The molecule has 8 saturated carbocycles. The zero-order chi connectivity index (χ0) is 37.6. The highest BCUT2D eigenvalue weighted by molar-refractivity contribution is 8.02. The van der Waals surface area contributed by atoms with E-state index < -0.39 is 0 Å². The van der Waals surface area contributed by atoms with Gasteiger partial charge in [0, 0.05) is 4.90 Å². The van der Waals surface area contributed by atoms with E-state index in [0.29, 0.717) is 68.6 Å². The molecule has 0 heterocycles. The molecule has 0 bridgehead atoms. The minimum absolute atomic E-state index is 0.218. The predicted molar refractivity (Wildman–Crippen MR) is 226 cm³/mol. The first-order valence-electron chi connectivity index (χ1n) is 22.7. The van der Waals surface area contributed by atoms with Crippen molar-refractivity contribution in [3.8, 4) is 0 Å². The molecule has 9 rings (SSSR count). The molecule has 0 amide bonds. The van der Waals surface area contributed by atoms with E-state index in [9.17, 15) is 0 Å². The van der Waals surface area contributed by atoms with Crippen molar-refractivity contribution < 1.29 is 9.31 Å². The number of benzene rings is 1. The summed E-state index contributed by atoms with van der Waals surface area (Å²) in [5.74, 6) is 12.5. The Bertz CT molecular complexity index is 1390. The lowest BCUT2D eigenvalue weighted by Crippen LogP contribution is -2.44. The van der Waals surface area contributed by atoms with E-state index in [2.05, 4.69) is 119 Å². The van der Waals surface area contributed by atoms with Crippen LogP contribution in [0.25, 0.3) is 0 Å². The number of rotatable bonds is 10. The van der Waals surface area contributed by atoms with E-state index in [1.165, 1.54) is 56.3 Å². The molecule has 8 aliphatic carbocycles. The van der Waals surface area contributed by atoms with Crippen molar-refractivity contribution in [1.29, 1.82) is 0 Å².